The Kier molecular flexibility index (Phi) is 4.49. The highest BCUT2D eigenvalue weighted by molar-refractivity contribution is 6.11. The maximum atomic E-state index is 13.4. The van der Waals surface area contributed by atoms with Crippen molar-refractivity contribution >= 4 is 27.6 Å². The van der Waals surface area contributed by atoms with Crippen LogP contribution in [-0.4, -0.2) is 39.9 Å². The monoisotopic (exact) mass is 371 g/mol. The highest BCUT2D eigenvalue weighted by Crippen LogP contribution is 2.24. The number of aromatic nitrogens is 2. The Hall–Kier alpha value is -2.85. The van der Waals surface area contributed by atoms with Crippen LogP contribution in [-0.2, 0) is 6.54 Å². The largest absolute Gasteiger partial charge is 0.352 e. The zero-order chi connectivity index (χ0) is 18.9. The molecular formula is C24H25N3O. The Labute approximate surface area is 164 Å². The van der Waals surface area contributed by atoms with Crippen molar-refractivity contribution in [1.82, 2.24) is 14.5 Å². The van der Waals surface area contributed by atoms with Gasteiger partial charge in [0.1, 0.15) is 0 Å². The van der Waals surface area contributed by atoms with E-state index in [9.17, 15) is 4.79 Å². The van der Waals surface area contributed by atoms with Crippen LogP contribution in [0.1, 0.15) is 35.4 Å². The minimum Gasteiger partial charge on any atom is -0.352 e. The molecule has 0 bridgehead atoms. The smallest absolute Gasteiger partial charge is 0.225 e. The lowest BCUT2D eigenvalue weighted by Gasteiger charge is -2.27. The van der Waals surface area contributed by atoms with Crippen LogP contribution in [0.4, 0.5) is 0 Å². The number of hydrogen-bond acceptors (Lipinski definition) is 2. The standard InChI is InChI=1S/C24H25N3O/c28-24(21-16-18-8-2-4-10-20(18)25-21)23-17-19-9-3-5-11-22(19)27(23)15-14-26-12-6-1-7-13-26/h2-5,8-11,16-17,25H,1,6-7,12-15H2. The molecule has 0 saturated carbocycles. The van der Waals surface area contributed by atoms with Crippen LogP contribution in [0.5, 0.6) is 0 Å². The van der Waals surface area contributed by atoms with Crippen molar-refractivity contribution in [3.05, 3.63) is 72.1 Å². The first kappa shape index (κ1) is 17.3. The molecule has 1 fully saturated rings. The van der Waals surface area contributed by atoms with Gasteiger partial charge in [0.2, 0.25) is 5.78 Å². The van der Waals surface area contributed by atoms with E-state index in [2.05, 4.69) is 32.7 Å². The number of H-pyrrole nitrogens is 1. The lowest BCUT2D eigenvalue weighted by atomic mass is 10.1. The maximum Gasteiger partial charge on any atom is 0.225 e. The first-order chi connectivity index (χ1) is 13.8. The molecule has 28 heavy (non-hydrogen) atoms. The number of fused-ring (bicyclic) bond motifs is 2. The molecule has 3 heterocycles. The molecule has 1 aliphatic rings. The molecule has 0 atom stereocenters. The van der Waals surface area contributed by atoms with Gasteiger partial charge in [-0.05, 0) is 50.2 Å². The third-order valence-electron chi connectivity index (χ3n) is 5.91. The number of ketones is 1. The summed E-state index contributed by atoms with van der Waals surface area (Å²) in [4.78, 5) is 19.2. The minimum atomic E-state index is 0.0612. The molecule has 2 aromatic carbocycles. The number of aromatic amines is 1. The SMILES string of the molecule is O=C(c1cc2ccccc2[nH]1)c1cc2ccccc2n1CCN1CCCCC1. The number of benzene rings is 2. The zero-order valence-corrected chi connectivity index (χ0v) is 16.0. The third-order valence-corrected chi connectivity index (χ3v) is 5.91. The topological polar surface area (TPSA) is 41.0 Å². The summed E-state index contributed by atoms with van der Waals surface area (Å²) in [7, 11) is 0. The molecule has 2 aromatic heterocycles. The number of carbonyl (C=O) groups excluding carboxylic acids is 1. The first-order valence-electron chi connectivity index (χ1n) is 10.2. The van der Waals surface area contributed by atoms with Crippen molar-refractivity contribution in [1.29, 1.82) is 0 Å². The molecule has 1 N–H and O–H groups in total. The third kappa shape index (κ3) is 3.14. The van der Waals surface area contributed by atoms with Gasteiger partial charge >= 0.3 is 0 Å². The summed E-state index contributed by atoms with van der Waals surface area (Å²) < 4.78 is 2.21. The van der Waals surface area contributed by atoms with Gasteiger partial charge in [0, 0.05) is 34.9 Å². The van der Waals surface area contributed by atoms with Crippen molar-refractivity contribution in [2.75, 3.05) is 19.6 Å². The summed E-state index contributed by atoms with van der Waals surface area (Å²) in [5.41, 5.74) is 3.56. The number of carbonyl (C=O) groups is 1. The average Bonchev–Trinajstić information content (AvgIpc) is 3.34. The zero-order valence-electron chi connectivity index (χ0n) is 16.0. The Bertz CT molecular complexity index is 1100. The summed E-state index contributed by atoms with van der Waals surface area (Å²) in [6.07, 6.45) is 3.91. The van der Waals surface area contributed by atoms with E-state index < -0.39 is 0 Å². The summed E-state index contributed by atoms with van der Waals surface area (Å²) in [6.45, 7) is 4.18. The predicted octanol–water partition coefficient (Wildman–Crippen LogP) is 4.84. The summed E-state index contributed by atoms with van der Waals surface area (Å²) in [6, 6.07) is 20.3. The van der Waals surface area contributed by atoms with Crippen LogP contribution in [0.3, 0.4) is 0 Å². The second-order valence-electron chi connectivity index (χ2n) is 7.74. The highest BCUT2D eigenvalue weighted by Gasteiger charge is 2.20. The van der Waals surface area contributed by atoms with E-state index in [1.54, 1.807) is 0 Å². The van der Waals surface area contributed by atoms with E-state index in [1.807, 2.05) is 42.5 Å². The Morgan fingerprint density at radius 2 is 1.61 bits per heavy atom. The van der Waals surface area contributed by atoms with E-state index in [1.165, 1.54) is 32.4 Å². The molecule has 0 unspecified atom stereocenters. The van der Waals surface area contributed by atoms with Crippen LogP contribution in [0.2, 0.25) is 0 Å². The van der Waals surface area contributed by atoms with Gasteiger partial charge in [-0.3, -0.25) is 4.79 Å². The van der Waals surface area contributed by atoms with E-state index in [0.717, 1.165) is 40.6 Å². The van der Waals surface area contributed by atoms with E-state index in [-0.39, 0.29) is 5.78 Å². The van der Waals surface area contributed by atoms with Gasteiger partial charge in [0.05, 0.1) is 11.4 Å². The fourth-order valence-electron chi connectivity index (χ4n) is 4.40. The normalized spacial score (nSPS) is 15.4. The van der Waals surface area contributed by atoms with Crippen molar-refractivity contribution in [3.63, 3.8) is 0 Å². The molecule has 1 saturated heterocycles. The van der Waals surface area contributed by atoms with Crippen molar-refractivity contribution in [2.24, 2.45) is 0 Å². The number of nitrogens with one attached hydrogen (secondary N) is 1. The number of para-hydroxylation sites is 2. The lowest BCUT2D eigenvalue weighted by Crippen LogP contribution is -2.33. The number of likely N-dealkylation sites (tertiary alicyclic amines) is 1. The Morgan fingerprint density at radius 1 is 0.857 bits per heavy atom. The van der Waals surface area contributed by atoms with Gasteiger partial charge in [-0.1, -0.05) is 42.8 Å². The summed E-state index contributed by atoms with van der Waals surface area (Å²) >= 11 is 0. The molecule has 0 spiro atoms. The van der Waals surface area contributed by atoms with Crippen molar-refractivity contribution in [2.45, 2.75) is 25.8 Å². The average molecular weight is 371 g/mol. The fraction of sp³-hybridized carbons (Fsp3) is 0.292. The molecule has 0 amide bonds. The molecule has 4 heteroatoms. The van der Waals surface area contributed by atoms with Crippen LogP contribution in [0.15, 0.2) is 60.7 Å². The van der Waals surface area contributed by atoms with E-state index >= 15 is 0 Å². The molecule has 5 rings (SSSR count). The van der Waals surface area contributed by atoms with Gasteiger partial charge < -0.3 is 14.5 Å². The van der Waals surface area contributed by atoms with Gasteiger partial charge in [-0.15, -0.1) is 0 Å². The van der Waals surface area contributed by atoms with Crippen LogP contribution < -0.4 is 0 Å². The molecule has 4 aromatic rings. The van der Waals surface area contributed by atoms with Gasteiger partial charge in [0.25, 0.3) is 0 Å². The van der Waals surface area contributed by atoms with Gasteiger partial charge in [-0.2, -0.15) is 0 Å². The number of rotatable bonds is 5. The molecular weight excluding hydrogens is 346 g/mol. The Balaban J connectivity index is 1.51. The fourth-order valence-corrected chi connectivity index (χ4v) is 4.40. The summed E-state index contributed by atoms with van der Waals surface area (Å²) in [5.74, 6) is 0.0612. The van der Waals surface area contributed by atoms with Crippen LogP contribution >= 0.6 is 0 Å². The summed E-state index contributed by atoms with van der Waals surface area (Å²) in [5, 5.41) is 2.20. The molecule has 4 nitrogen and oxygen atoms in total. The predicted molar refractivity (Wildman–Crippen MR) is 114 cm³/mol. The van der Waals surface area contributed by atoms with Crippen LogP contribution in [0.25, 0.3) is 21.8 Å². The molecule has 1 aliphatic heterocycles. The maximum absolute atomic E-state index is 13.4. The van der Waals surface area contributed by atoms with Gasteiger partial charge in [-0.25, -0.2) is 0 Å². The number of piperidine rings is 1. The van der Waals surface area contributed by atoms with Crippen molar-refractivity contribution in [3.8, 4) is 0 Å². The number of nitrogens with zero attached hydrogens (tertiary/aromatic N) is 2. The van der Waals surface area contributed by atoms with E-state index in [0.29, 0.717) is 5.69 Å². The quantitative estimate of drug-likeness (QED) is 0.510. The van der Waals surface area contributed by atoms with Crippen LogP contribution in [0, 0.1) is 0 Å². The Morgan fingerprint density at radius 3 is 2.43 bits per heavy atom. The second-order valence-corrected chi connectivity index (χ2v) is 7.74. The van der Waals surface area contributed by atoms with Crippen molar-refractivity contribution < 1.29 is 4.79 Å². The second kappa shape index (κ2) is 7.28. The first-order valence-corrected chi connectivity index (χ1v) is 10.2. The molecule has 0 aliphatic carbocycles. The minimum absolute atomic E-state index is 0.0612. The van der Waals surface area contributed by atoms with Gasteiger partial charge in [0.15, 0.2) is 0 Å². The molecule has 0 radical (unpaired) electrons. The molecule has 142 valence electrons. The number of hydrogen-bond donors (Lipinski definition) is 1. The van der Waals surface area contributed by atoms with E-state index in [4.69, 9.17) is 0 Å². The lowest BCUT2D eigenvalue weighted by molar-refractivity contribution is 0.102. The highest BCUT2D eigenvalue weighted by atomic mass is 16.1.